The molecule has 0 unspecified atom stereocenters. The molecule has 27 heavy (non-hydrogen) atoms. The maximum Gasteiger partial charge on any atom is 0.293 e. The van der Waals surface area contributed by atoms with Crippen molar-refractivity contribution < 1.29 is 24.0 Å². The van der Waals surface area contributed by atoms with E-state index >= 15 is 0 Å². The first kappa shape index (κ1) is 26.9. The molecule has 0 aliphatic rings. The summed E-state index contributed by atoms with van der Waals surface area (Å²) < 4.78 is 9.86. The number of ether oxygens (including phenoxy) is 2. The molecule has 8 nitrogen and oxygen atoms in total. The Labute approximate surface area is 165 Å². The maximum absolute atomic E-state index is 11.1. The highest BCUT2D eigenvalue weighted by molar-refractivity contribution is 6.34. The SMILES string of the molecule is CC.CC(C)(C)OC=O.CCCCOc1cc(C(N)=O)cc([N+](=O)[O-])c1Cl. The van der Waals surface area contributed by atoms with Gasteiger partial charge in [-0.2, -0.15) is 0 Å². The van der Waals surface area contributed by atoms with E-state index in [4.69, 9.17) is 22.1 Å². The van der Waals surface area contributed by atoms with Gasteiger partial charge in [-0.3, -0.25) is 19.7 Å². The molecular weight excluding hydrogens is 376 g/mol. The van der Waals surface area contributed by atoms with Crippen LogP contribution >= 0.6 is 11.6 Å². The topological polar surface area (TPSA) is 122 Å². The van der Waals surface area contributed by atoms with Crippen molar-refractivity contribution in [3.8, 4) is 5.75 Å². The van der Waals surface area contributed by atoms with E-state index in [1.54, 1.807) is 0 Å². The highest BCUT2D eigenvalue weighted by Gasteiger charge is 2.20. The smallest absolute Gasteiger partial charge is 0.293 e. The number of hydrogen-bond acceptors (Lipinski definition) is 6. The minimum absolute atomic E-state index is 0.00222. The zero-order chi connectivity index (χ0) is 21.6. The summed E-state index contributed by atoms with van der Waals surface area (Å²) in [5.41, 5.74) is 4.39. The van der Waals surface area contributed by atoms with Gasteiger partial charge in [-0.05, 0) is 33.3 Å². The van der Waals surface area contributed by atoms with Crippen molar-refractivity contribution in [2.75, 3.05) is 6.61 Å². The number of benzene rings is 1. The zero-order valence-electron chi connectivity index (χ0n) is 16.7. The van der Waals surface area contributed by atoms with Gasteiger partial charge in [-0.15, -0.1) is 0 Å². The number of nitro benzene ring substituents is 1. The summed E-state index contributed by atoms with van der Waals surface area (Å²) in [5.74, 6) is -0.664. The van der Waals surface area contributed by atoms with Crippen molar-refractivity contribution >= 4 is 29.7 Å². The van der Waals surface area contributed by atoms with Crippen molar-refractivity contribution in [1.82, 2.24) is 0 Å². The van der Waals surface area contributed by atoms with E-state index in [9.17, 15) is 19.7 Å². The molecule has 1 rings (SSSR count). The Bertz CT molecular complexity index is 615. The molecular formula is C18H29ClN2O6. The van der Waals surface area contributed by atoms with Crippen LogP contribution in [0.25, 0.3) is 0 Å². The van der Waals surface area contributed by atoms with Gasteiger partial charge in [0.2, 0.25) is 5.91 Å². The lowest BCUT2D eigenvalue weighted by atomic mass is 10.2. The Morgan fingerprint density at radius 2 is 1.89 bits per heavy atom. The summed E-state index contributed by atoms with van der Waals surface area (Å²) in [4.78, 5) is 30.8. The van der Waals surface area contributed by atoms with Crippen LogP contribution in [0.4, 0.5) is 5.69 Å². The van der Waals surface area contributed by atoms with Gasteiger partial charge in [-0.25, -0.2) is 0 Å². The van der Waals surface area contributed by atoms with Gasteiger partial charge >= 0.3 is 0 Å². The number of halogens is 1. The predicted molar refractivity (Wildman–Crippen MR) is 105 cm³/mol. The quantitative estimate of drug-likeness (QED) is 0.308. The van der Waals surface area contributed by atoms with Crippen LogP contribution in [-0.4, -0.2) is 29.5 Å². The third kappa shape index (κ3) is 11.8. The highest BCUT2D eigenvalue weighted by Crippen LogP contribution is 2.35. The minimum Gasteiger partial charge on any atom is -0.492 e. The molecule has 154 valence electrons. The fraction of sp³-hybridized carbons (Fsp3) is 0.556. The fourth-order valence-electron chi connectivity index (χ4n) is 1.43. The number of hydrogen-bond donors (Lipinski definition) is 1. The third-order valence-electron chi connectivity index (χ3n) is 2.66. The summed E-state index contributed by atoms with van der Waals surface area (Å²) in [6.45, 7) is 12.3. The van der Waals surface area contributed by atoms with Crippen LogP contribution in [0, 0.1) is 10.1 Å². The maximum atomic E-state index is 11.1. The molecule has 2 N–H and O–H groups in total. The molecule has 0 saturated carbocycles. The number of carbonyl (C=O) groups excluding carboxylic acids is 2. The number of nitrogens with zero attached hydrogens (tertiary/aromatic N) is 1. The van der Waals surface area contributed by atoms with Crippen LogP contribution in [0.15, 0.2) is 12.1 Å². The van der Waals surface area contributed by atoms with Gasteiger partial charge in [0.1, 0.15) is 11.4 Å². The van der Waals surface area contributed by atoms with Crippen molar-refractivity contribution in [3.63, 3.8) is 0 Å². The standard InChI is InChI=1S/C11H13ClN2O4.C5H10O2.C2H6/c1-2-3-4-18-9-6-7(11(13)15)5-8(10(9)12)14(16)17;1-5(2,3)7-4-6;1-2/h5-6H,2-4H2,1H3,(H2,13,15);4H,1-3H3;1-2H3. The molecule has 0 radical (unpaired) electrons. The highest BCUT2D eigenvalue weighted by atomic mass is 35.5. The number of amides is 1. The summed E-state index contributed by atoms with van der Waals surface area (Å²) >= 11 is 5.84. The minimum atomic E-state index is -0.768. The molecule has 0 aliphatic carbocycles. The number of rotatable bonds is 7. The molecule has 1 aromatic carbocycles. The molecule has 9 heteroatoms. The van der Waals surface area contributed by atoms with Crippen LogP contribution in [-0.2, 0) is 9.53 Å². The normalized spacial score (nSPS) is 9.74. The van der Waals surface area contributed by atoms with Crippen LogP contribution in [0.1, 0.15) is 64.7 Å². The molecule has 0 bridgehead atoms. The van der Waals surface area contributed by atoms with Gasteiger partial charge in [-0.1, -0.05) is 38.8 Å². The van der Waals surface area contributed by atoms with Gasteiger partial charge in [0.05, 0.1) is 11.5 Å². The lowest BCUT2D eigenvalue weighted by Crippen LogP contribution is -2.17. The van der Waals surface area contributed by atoms with Crippen LogP contribution in [0.3, 0.4) is 0 Å². The lowest BCUT2D eigenvalue weighted by Gasteiger charge is -2.14. The molecule has 0 aromatic heterocycles. The van der Waals surface area contributed by atoms with E-state index in [0.717, 1.165) is 18.9 Å². The monoisotopic (exact) mass is 404 g/mol. The molecule has 0 fully saturated rings. The molecule has 1 aromatic rings. The molecule has 1 amide bonds. The number of nitrogens with two attached hydrogens (primary N) is 1. The molecule has 0 spiro atoms. The van der Waals surface area contributed by atoms with Gasteiger partial charge in [0, 0.05) is 11.6 Å². The van der Waals surface area contributed by atoms with Gasteiger partial charge in [0.15, 0.2) is 5.02 Å². The van der Waals surface area contributed by atoms with Crippen molar-refractivity contribution in [2.24, 2.45) is 5.73 Å². The fourth-order valence-corrected chi connectivity index (χ4v) is 1.67. The number of unbranched alkanes of at least 4 members (excludes halogenated alkanes) is 1. The molecule has 0 atom stereocenters. The number of carbonyl (C=O) groups is 2. The van der Waals surface area contributed by atoms with E-state index in [1.165, 1.54) is 6.07 Å². The van der Waals surface area contributed by atoms with Gasteiger partial charge < -0.3 is 15.2 Å². The Morgan fingerprint density at radius 1 is 1.33 bits per heavy atom. The molecule has 0 saturated heterocycles. The summed E-state index contributed by atoms with van der Waals surface area (Å²) in [7, 11) is 0. The number of nitro groups is 1. The van der Waals surface area contributed by atoms with E-state index in [-0.39, 0.29) is 27.6 Å². The predicted octanol–water partition coefficient (Wildman–Crippen LogP) is 4.51. The summed E-state index contributed by atoms with van der Waals surface area (Å²) in [5, 5.41) is 10.7. The van der Waals surface area contributed by atoms with Gasteiger partial charge in [0.25, 0.3) is 12.2 Å². The average molecular weight is 405 g/mol. The van der Waals surface area contributed by atoms with Crippen LogP contribution in [0.2, 0.25) is 5.02 Å². The second-order valence-corrected chi connectivity index (χ2v) is 6.34. The first-order valence-corrected chi connectivity index (χ1v) is 8.93. The Morgan fingerprint density at radius 3 is 2.22 bits per heavy atom. The number of primary amides is 1. The summed E-state index contributed by atoms with van der Waals surface area (Å²) in [6, 6.07) is 2.35. The van der Waals surface area contributed by atoms with E-state index < -0.39 is 10.8 Å². The Balaban J connectivity index is 0. The molecule has 0 aliphatic heterocycles. The Hall–Kier alpha value is -2.35. The van der Waals surface area contributed by atoms with E-state index in [1.807, 2.05) is 41.5 Å². The van der Waals surface area contributed by atoms with Crippen molar-refractivity contribution in [3.05, 3.63) is 32.8 Å². The second kappa shape index (κ2) is 13.8. The van der Waals surface area contributed by atoms with Crippen LogP contribution in [0.5, 0.6) is 5.75 Å². The zero-order valence-corrected chi connectivity index (χ0v) is 17.5. The summed E-state index contributed by atoms with van der Waals surface area (Å²) in [6.07, 6.45) is 1.69. The first-order valence-electron chi connectivity index (χ1n) is 8.55. The lowest BCUT2D eigenvalue weighted by molar-refractivity contribution is -0.384. The largest absolute Gasteiger partial charge is 0.492 e. The van der Waals surface area contributed by atoms with Crippen molar-refractivity contribution in [2.45, 2.75) is 60.0 Å². The van der Waals surface area contributed by atoms with Crippen molar-refractivity contribution in [1.29, 1.82) is 0 Å². The van der Waals surface area contributed by atoms with Crippen LogP contribution < -0.4 is 10.5 Å². The van der Waals surface area contributed by atoms with E-state index in [0.29, 0.717) is 13.1 Å². The third-order valence-corrected chi connectivity index (χ3v) is 3.04. The first-order chi connectivity index (χ1) is 12.5. The average Bonchev–Trinajstić information content (AvgIpc) is 2.57. The second-order valence-electron chi connectivity index (χ2n) is 5.96. The molecule has 0 heterocycles. The Kier molecular flexibility index (Phi) is 13.7. The van der Waals surface area contributed by atoms with E-state index in [2.05, 4.69) is 4.74 Å².